The van der Waals surface area contributed by atoms with Crippen LogP contribution in [0.1, 0.15) is 11.1 Å². The molecule has 0 radical (unpaired) electrons. The molecule has 4 rings (SSSR count). The minimum absolute atomic E-state index is 0.0290. The molecule has 2 aromatic carbocycles. The van der Waals surface area contributed by atoms with Crippen LogP contribution in [0.25, 0.3) is 0 Å². The average Bonchev–Trinajstić information content (AvgIpc) is 2.60. The summed E-state index contributed by atoms with van der Waals surface area (Å²) in [5.41, 5.74) is 2.34. The van der Waals surface area contributed by atoms with Crippen LogP contribution in [0.3, 0.4) is 0 Å². The predicted octanol–water partition coefficient (Wildman–Crippen LogP) is 3.26. The van der Waals surface area contributed by atoms with E-state index in [2.05, 4.69) is 12.1 Å². The van der Waals surface area contributed by atoms with Gasteiger partial charge in [0, 0.05) is 5.41 Å². The van der Waals surface area contributed by atoms with Gasteiger partial charge in [-0.25, -0.2) is 0 Å². The Morgan fingerprint density at radius 1 is 0.783 bits per heavy atom. The van der Waals surface area contributed by atoms with Crippen molar-refractivity contribution < 1.29 is 18.9 Å². The van der Waals surface area contributed by atoms with E-state index in [1.807, 2.05) is 24.3 Å². The monoisotopic (exact) mass is 312 g/mol. The molecule has 2 aliphatic heterocycles. The fourth-order valence-corrected chi connectivity index (χ4v) is 3.62. The Labute approximate surface area is 135 Å². The van der Waals surface area contributed by atoms with Crippen molar-refractivity contribution in [3.8, 4) is 23.0 Å². The van der Waals surface area contributed by atoms with Crippen molar-refractivity contribution in [1.82, 2.24) is 0 Å². The van der Waals surface area contributed by atoms with Gasteiger partial charge >= 0.3 is 0 Å². The zero-order valence-electron chi connectivity index (χ0n) is 13.4. The smallest absolute Gasteiger partial charge is 0.164 e. The molecular weight excluding hydrogens is 292 g/mol. The summed E-state index contributed by atoms with van der Waals surface area (Å²) < 4.78 is 23.0. The van der Waals surface area contributed by atoms with Gasteiger partial charge in [0.2, 0.25) is 0 Å². The highest BCUT2D eigenvalue weighted by Gasteiger charge is 2.41. The van der Waals surface area contributed by atoms with Gasteiger partial charge in [0.25, 0.3) is 0 Å². The van der Waals surface area contributed by atoms with Crippen LogP contribution in [-0.2, 0) is 12.8 Å². The Balaban J connectivity index is 1.66. The second-order valence-corrected chi connectivity index (χ2v) is 6.33. The summed E-state index contributed by atoms with van der Waals surface area (Å²) >= 11 is 0. The van der Waals surface area contributed by atoms with E-state index in [0.717, 1.165) is 35.8 Å². The lowest BCUT2D eigenvalue weighted by atomic mass is 9.75. The molecule has 0 unspecified atom stereocenters. The third kappa shape index (κ3) is 2.29. The summed E-state index contributed by atoms with van der Waals surface area (Å²) in [7, 11) is 3.35. The van der Waals surface area contributed by atoms with Gasteiger partial charge in [-0.3, -0.25) is 0 Å². The van der Waals surface area contributed by atoms with Gasteiger partial charge in [-0.15, -0.1) is 0 Å². The molecule has 2 heterocycles. The summed E-state index contributed by atoms with van der Waals surface area (Å²) in [6.07, 6.45) is 1.85. The molecule has 4 heteroatoms. The molecule has 0 amide bonds. The maximum absolute atomic E-state index is 6.07. The Bertz CT molecular complexity index is 675. The minimum Gasteiger partial charge on any atom is -0.493 e. The third-order valence-corrected chi connectivity index (χ3v) is 4.74. The highest BCUT2D eigenvalue weighted by molar-refractivity contribution is 5.51. The van der Waals surface area contributed by atoms with Crippen LogP contribution >= 0.6 is 0 Å². The van der Waals surface area contributed by atoms with Crippen molar-refractivity contribution >= 4 is 0 Å². The number of ether oxygens (including phenoxy) is 4. The molecular formula is C19H20O4. The Kier molecular flexibility index (Phi) is 3.33. The van der Waals surface area contributed by atoms with Crippen molar-refractivity contribution in [2.45, 2.75) is 12.8 Å². The maximum atomic E-state index is 6.07. The molecule has 0 saturated heterocycles. The fraction of sp³-hybridized carbons (Fsp3) is 0.368. The lowest BCUT2D eigenvalue weighted by Gasteiger charge is -2.41. The SMILES string of the molecule is COc1cccc2c1OCC1(COc3c(cccc3OC)C1)C2. The molecule has 0 saturated carbocycles. The number of rotatable bonds is 2. The summed E-state index contributed by atoms with van der Waals surface area (Å²) in [6.45, 7) is 1.27. The molecule has 0 bridgehead atoms. The molecule has 2 aromatic rings. The van der Waals surface area contributed by atoms with Crippen LogP contribution in [0.2, 0.25) is 0 Å². The molecule has 1 spiro atoms. The van der Waals surface area contributed by atoms with Crippen molar-refractivity contribution in [3.05, 3.63) is 47.5 Å². The highest BCUT2D eigenvalue weighted by Crippen LogP contribution is 2.46. The second kappa shape index (κ2) is 5.37. The zero-order valence-corrected chi connectivity index (χ0v) is 13.4. The van der Waals surface area contributed by atoms with Crippen LogP contribution in [0.15, 0.2) is 36.4 Å². The van der Waals surface area contributed by atoms with E-state index in [9.17, 15) is 0 Å². The Morgan fingerprint density at radius 2 is 1.26 bits per heavy atom. The van der Waals surface area contributed by atoms with E-state index in [0.29, 0.717) is 13.2 Å². The van der Waals surface area contributed by atoms with Gasteiger partial charge in [-0.05, 0) is 36.1 Å². The normalized spacial score (nSPS) is 17.5. The second-order valence-electron chi connectivity index (χ2n) is 6.33. The van der Waals surface area contributed by atoms with Crippen molar-refractivity contribution in [3.63, 3.8) is 0 Å². The Morgan fingerprint density at radius 3 is 1.70 bits per heavy atom. The van der Waals surface area contributed by atoms with E-state index in [1.54, 1.807) is 14.2 Å². The van der Waals surface area contributed by atoms with E-state index < -0.39 is 0 Å². The van der Waals surface area contributed by atoms with E-state index in [1.165, 1.54) is 11.1 Å². The summed E-state index contributed by atoms with van der Waals surface area (Å²) in [5, 5.41) is 0. The summed E-state index contributed by atoms with van der Waals surface area (Å²) in [4.78, 5) is 0. The van der Waals surface area contributed by atoms with Crippen LogP contribution in [0.4, 0.5) is 0 Å². The van der Waals surface area contributed by atoms with Gasteiger partial charge in [0.15, 0.2) is 23.0 Å². The molecule has 2 aliphatic rings. The third-order valence-electron chi connectivity index (χ3n) is 4.74. The fourth-order valence-electron chi connectivity index (χ4n) is 3.62. The topological polar surface area (TPSA) is 36.9 Å². The molecule has 0 fully saturated rings. The van der Waals surface area contributed by atoms with Crippen molar-refractivity contribution in [1.29, 1.82) is 0 Å². The van der Waals surface area contributed by atoms with E-state index >= 15 is 0 Å². The number of para-hydroxylation sites is 2. The first-order valence-corrected chi connectivity index (χ1v) is 7.82. The lowest BCUT2D eigenvalue weighted by Crippen LogP contribution is -2.44. The van der Waals surface area contributed by atoms with Crippen LogP contribution in [0, 0.1) is 5.41 Å². The highest BCUT2D eigenvalue weighted by atomic mass is 16.5. The molecule has 0 aliphatic carbocycles. The molecule has 0 aromatic heterocycles. The molecule has 0 N–H and O–H groups in total. The first kappa shape index (κ1) is 14.2. The van der Waals surface area contributed by atoms with Crippen LogP contribution in [-0.4, -0.2) is 27.4 Å². The number of benzene rings is 2. The summed E-state index contributed by atoms with van der Waals surface area (Å²) in [5.74, 6) is 3.35. The molecule has 120 valence electrons. The standard InChI is InChI=1S/C19H20O4/c1-20-15-7-3-5-13-9-19(11-22-17(13)15)10-14-6-4-8-16(21-2)18(14)23-12-19/h3-8H,9-12H2,1-2H3. The molecule has 4 nitrogen and oxygen atoms in total. The van der Waals surface area contributed by atoms with Crippen molar-refractivity contribution in [2.24, 2.45) is 5.41 Å². The lowest BCUT2D eigenvalue weighted by molar-refractivity contribution is 0.0447. The molecule has 23 heavy (non-hydrogen) atoms. The largest absolute Gasteiger partial charge is 0.493 e. The van der Waals surface area contributed by atoms with E-state index in [-0.39, 0.29) is 5.41 Å². The number of hydrogen-bond donors (Lipinski definition) is 0. The first-order chi connectivity index (χ1) is 11.2. The molecule has 0 atom stereocenters. The van der Waals surface area contributed by atoms with Crippen molar-refractivity contribution in [2.75, 3.05) is 27.4 Å². The first-order valence-electron chi connectivity index (χ1n) is 7.82. The summed E-state index contributed by atoms with van der Waals surface area (Å²) in [6, 6.07) is 12.1. The van der Waals surface area contributed by atoms with Crippen LogP contribution < -0.4 is 18.9 Å². The van der Waals surface area contributed by atoms with Gasteiger partial charge in [-0.2, -0.15) is 0 Å². The van der Waals surface area contributed by atoms with Gasteiger partial charge in [-0.1, -0.05) is 24.3 Å². The minimum atomic E-state index is -0.0290. The van der Waals surface area contributed by atoms with Gasteiger partial charge in [0.05, 0.1) is 27.4 Å². The van der Waals surface area contributed by atoms with E-state index in [4.69, 9.17) is 18.9 Å². The number of methoxy groups -OCH3 is 2. The number of hydrogen-bond acceptors (Lipinski definition) is 4. The average molecular weight is 312 g/mol. The number of fused-ring (bicyclic) bond motifs is 2. The Hall–Kier alpha value is -2.36. The zero-order chi connectivity index (χ0) is 15.9. The maximum Gasteiger partial charge on any atom is 0.164 e. The van der Waals surface area contributed by atoms with Gasteiger partial charge < -0.3 is 18.9 Å². The quantitative estimate of drug-likeness (QED) is 0.853. The predicted molar refractivity (Wildman–Crippen MR) is 86.8 cm³/mol. The van der Waals surface area contributed by atoms with Gasteiger partial charge in [0.1, 0.15) is 0 Å². The van der Waals surface area contributed by atoms with Crippen LogP contribution in [0.5, 0.6) is 23.0 Å².